The molecule has 3 rings (SSSR count). The lowest BCUT2D eigenvalue weighted by Crippen LogP contribution is -2.30. The van der Waals surface area contributed by atoms with E-state index in [1.54, 1.807) is 12.1 Å². The van der Waals surface area contributed by atoms with Crippen LogP contribution in [0.1, 0.15) is 18.4 Å². The lowest BCUT2D eigenvalue weighted by atomic mass is 10.00. The Bertz CT molecular complexity index is 571. The summed E-state index contributed by atoms with van der Waals surface area (Å²) >= 11 is 5.75. The van der Waals surface area contributed by atoms with E-state index >= 15 is 0 Å². The number of halogens is 3. The zero-order valence-electron chi connectivity index (χ0n) is 10.0. The van der Waals surface area contributed by atoms with Gasteiger partial charge in [-0.2, -0.15) is 10.2 Å². The summed E-state index contributed by atoms with van der Waals surface area (Å²) in [5, 5.41) is 11.2. The van der Waals surface area contributed by atoms with Crippen LogP contribution in [0.15, 0.2) is 28.4 Å². The molecular formula is C13H12ClF2N3. The van der Waals surface area contributed by atoms with Crippen LogP contribution in [0, 0.1) is 5.82 Å². The van der Waals surface area contributed by atoms with Crippen LogP contribution in [0.5, 0.6) is 0 Å². The van der Waals surface area contributed by atoms with Gasteiger partial charge in [-0.1, -0.05) is 23.7 Å². The number of alkyl halides is 1. The normalized spacial score (nSPS) is 26.5. The highest BCUT2D eigenvalue weighted by Crippen LogP contribution is 2.23. The number of rotatable bonds is 2. The fourth-order valence-electron chi connectivity index (χ4n) is 2.38. The second-order valence-electron chi connectivity index (χ2n) is 4.71. The molecule has 0 unspecified atom stereocenters. The molecule has 2 aliphatic rings. The van der Waals surface area contributed by atoms with Crippen LogP contribution in [0.4, 0.5) is 8.78 Å². The molecule has 1 aromatic carbocycles. The van der Waals surface area contributed by atoms with Gasteiger partial charge in [0.25, 0.3) is 0 Å². The molecule has 0 amide bonds. The highest BCUT2D eigenvalue weighted by molar-refractivity contribution is 6.31. The maximum absolute atomic E-state index is 13.9. The molecule has 0 radical (unpaired) electrons. The van der Waals surface area contributed by atoms with Crippen molar-refractivity contribution in [3.05, 3.63) is 34.6 Å². The third-order valence-corrected chi connectivity index (χ3v) is 3.68. The second kappa shape index (κ2) is 4.98. The van der Waals surface area contributed by atoms with E-state index in [4.69, 9.17) is 11.6 Å². The van der Waals surface area contributed by atoms with E-state index in [9.17, 15) is 8.78 Å². The smallest absolute Gasteiger partial charge is 0.150 e. The molecule has 3 nitrogen and oxygen atoms in total. The largest absolute Gasteiger partial charge is 0.306 e. The lowest BCUT2D eigenvalue weighted by Gasteiger charge is -2.09. The zero-order chi connectivity index (χ0) is 13.4. The molecule has 1 fully saturated rings. The minimum absolute atomic E-state index is 0.0662. The van der Waals surface area contributed by atoms with Crippen LogP contribution in [0.2, 0.25) is 5.02 Å². The Morgan fingerprint density at radius 3 is 2.89 bits per heavy atom. The van der Waals surface area contributed by atoms with Gasteiger partial charge in [0.15, 0.2) is 5.82 Å². The first kappa shape index (κ1) is 12.7. The quantitative estimate of drug-likeness (QED) is 0.890. The standard InChI is InChI=1S/C13H12ClF2N3/c14-9-3-1-2-8(13(9)16)10-5-12(19-18-10)11-4-7(15)6-17-11/h1-3,7,11,17H,4-6H2/t7-,11+/m1/s1. The molecular weight excluding hydrogens is 272 g/mol. The van der Waals surface area contributed by atoms with Gasteiger partial charge in [0, 0.05) is 24.9 Å². The van der Waals surface area contributed by atoms with Crippen molar-refractivity contribution < 1.29 is 8.78 Å². The van der Waals surface area contributed by atoms with E-state index < -0.39 is 12.0 Å². The van der Waals surface area contributed by atoms with Gasteiger partial charge < -0.3 is 5.32 Å². The van der Waals surface area contributed by atoms with Crippen molar-refractivity contribution >= 4 is 23.0 Å². The van der Waals surface area contributed by atoms with Crippen LogP contribution in [-0.4, -0.2) is 30.2 Å². The summed E-state index contributed by atoms with van der Waals surface area (Å²) in [6, 6.07) is 4.69. The van der Waals surface area contributed by atoms with Gasteiger partial charge in [-0.15, -0.1) is 0 Å². The van der Waals surface area contributed by atoms with Crippen molar-refractivity contribution in [3.63, 3.8) is 0 Å². The molecule has 2 atom stereocenters. The first-order valence-corrected chi connectivity index (χ1v) is 6.48. The number of benzene rings is 1. The highest BCUT2D eigenvalue weighted by Gasteiger charge is 2.31. The van der Waals surface area contributed by atoms with Crippen LogP contribution < -0.4 is 5.32 Å². The number of hydrogen-bond donors (Lipinski definition) is 1. The third kappa shape index (κ3) is 2.40. The molecule has 0 saturated carbocycles. The fraction of sp³-hybridized carbons (Fsp3) is 0.385. The number of nitrogens with zero attached hydrogens (tertiary/aromatic N) is 2. The Balaban J connectivity index is 1.75. The predicted molar refractivity (Wildman–Crippen MR) is 71.3 cm³/mol. The van der Waals surface area contributed by atoms with Crippen LogP contribution in [-0.2, 0) is 0 Å². The summed E-state index contributed by atoms with van der Waals surface area (Å²) in [7, 11) is 0. The third-order valence-electron chi connectivity index (χ3n) is 3.39. The van der Waals surface area contributed by atoms with Gasteiger partial charge in [0.1, 0.15) is 6.17 Å². The van der Waals surface area contributed by atoms with E-state index in [1.807, 2.05) is 0 Å². The van der Waals surface area contributed by atoms with Crippen molar-refractivity contribution in [2.75, 3.05) is 6.54 Å². The van der Waals surface area contributed by atoms with Gasteiger partial charge in [-0.25, -0.2) is 8.78 Å². The Morgan fingerprint density at radius 2 is 2.16 bits per heavy atom. The van der Waals surface area contributed by atoms with E-state index in [2.05, 4.69) is 15.5 Å². The molecule has 0 bridgehead atoms. The average Bonchev–Trinajstić information content (AvgIpc) is 3.01. The molecule has 1 saturated heterocycles. The van der Waals surface area contributed by atoms with E-state index in [1.165, 1.54) is 6.07 Å². The summed E-state index contributed by atoms with van der Waals surface area (Å²) in [6.07, 6.45) is -0.0129. The molecule has 19 heavy (non-hydrogen) atoms. The molecule has 0 spiro atoms. The van der Waals surface area contributed by atoms with Gasteiger partial charge in [-0.05, 0) is 6.07 Å². The molecule has 1 N–H and O–H groups in total. The van der Waals surface area contributed by atoms with E-state index in [-0.39, 0.29) is 11.1 Å². The van der Waals surface area contributed by atoms with Crippen LogP contribution in [0.3, 0.4) is 0 Å². The Kier molecular flexibility index (Phi) is 3.33. The molecule has 2 heterocycles. The Morgan fingerprint density at radius 1 is 1.32 bits per heavy atom. The van der Waals surface area contributed by atoms with Crippen LogP contribution in [0.25, 0.3) is 0 Å². The second-order valence-corrected chi connectivity index (χ2v) is 5.12. The maximum atomic E-state index is 13.9. The summed E-state index contributed by atoms with van der Waals surface area (Å²) in [5.41, 5.74) is 1.66. The number of hydrogen-bond acceptors (Lipinski definition) is 3. The molecule has 100 valence electrons. The minimum atomic E-state index is -0.848. The van der Waals surface area contributed by atoms with Gasteiger partial charge in [-0.3, -0.25) is 0 Å². The van der Waals surface area contributed by atoms with Crippen molar-refractivity contribution in [2.24, 2.45) is 10.2 Å². The molecule has 0 aliphatic carbocycles. The minimum Gasteiger partial charge on any atom is -0.306 e. The Labute approximate surface area is 114 Å². The monoisotopic (exact) mass is 283 g/mol. The molecule has 1 aromatic rings. The van der Waals surface area contributed by atoms with Crippen molar-refractivity contribution in [1.29, 1.82) is 0 Å². The maximum Gasteiger partial charge on any atom is 0.150 e. The number of nitrogens with one attached hydrogen (secondary N) is 1. The average molecular weight is 284 g/mol. The first-order chi connectivity index (χ1) is 9.15. The van der Waals surface area contributed by atoms with E-state index in [0.717, 1.165) is 5.71 Å². The van der Waals surface area contributed by atoms with E-state index in [0.29, 0.717) is 30.7 Å². The molecule has 2 aliphatic heterocycles. The summed E-state index contributed by atoms with van der Waals surface area (Å²) in [4.78, 5) is 0. The lowest BCUT2D eigenvalue weighted by molar-refractivity contribution is 0.359. The topological polar surface area (TPSA) is 36.8 Å². The fourth-order valence-corrected chi connectivity index (χ4v) is 2.56. The van der Waals surface area contributed by atoms with Crippen molar-refractivity contribution in [3.8, 4) is 0 Å². The predicted octanol–water partition coefficient (Wildman–Crippen LogP) is 2.73. The Hall–Kier alpha value is -1.33. The van der Waals surface area contributed by atoms with Crippen molar-refractivity contribution in [2.45, 2.75) is 25.1 Å². The zero-order valence-corrected chi connectivity index (χ0v) is 10.8. The van der Waals surface area contributed by atoms with Gasteiger partial charge >= 0.3 is 0 Å². The summed E-state index contributed by atoms with van der Waals surface area (Å²) < 4.78 is 27.0. The SMILES string of the molecule is Fc1c(Cl)cccc1C1=NN=C([C@@H]2C[C@@H](F)CN2)C1. The molecule has 6 heteroatoms. The van der Waals surface area contributed by atoms with Crippen LogP contribution >= 0.6 is 11.6 Å². The summed E-state index contributed by atoms with van der Waals surface area (Å²) in [5.74, 6) is -0.484. The van der Waals surface area contributed by atoms with Crippen molar-refractivity contribution in [1.82, 2.24) is 5.32 Å². The first-order valence-electron chi connectivity index (χ1n) is 6.10. The summed E-state index contributed by atoms with van der Waals surface area (Å²) in [6.45, 7) is 0.338. The van der Waals surface area contributed by atoms with Gasteiger partial charge in [0.05, 0.1) is 22.5 Å². The molecule has 0 aromatic heterocycles. The van der Waals surface area contributed by atoms with Gasteiger partial charge in [0.2, 0.25) is 0 Å². The highest BCUT2D eigenvalue weighted by atomic mass is 35.5.